The molecule has 3 atom stereocenters. The fourth-order valence-corrected chi connectivity index (χ4v) is 4.11. The number of nitrogens with zero attached hydrogens (tertiary/aromatic N) is 4. The molecule has 1 fully saturated rings. The second kappa shape index (κ2) is 6.41. The van der Waals surface area contributed by atoms with Crippen molar-refractivity contribution in [1.29, 1.82) is 5.26 Å². The van der Waals surface area contributed by atoms with Gasteiger partial charge < -0.3 is 10.2 Å². The molecule has 1 aromatic carbocycles. The van der Waals surface area contributed by atoms with E-state index in [1.807, 2.05) is 29.2 Å². The maximum Gasteiger partial charge on any atom is 0.224 e. The van der Waals surface area contributed by atoms with Gasteiger partial charge in [-0.15, -0.1) is 0 Å². The molecule has 6 nitrogen and oxygen atoms in total. The molecule has 0 spiro atoms. The fourth-order valence-electron chi connectivity index (χ4n) is 4.11. The van der Waals surface area contributed by atoms with Gasteiger partial charge in [0.1, 0.15) is 6.07 Å². The molecule has 4 rings (SSSR count). The molecule has 2 aromatic rings. The number of fused-ring (bicyclic) bond motifs is 1. The molecule has 1 N–H and O–H groups in total. The molecule has 26 heavy (non-hydrogen) atoms. The van der Waals surface area contributed by atoms with E-state index in [9.17, 15) is 4.79 Å². The molecule has 0 radical (unpaired) electrons. The summed E-state index contributed by atoms with van der Waals surface area (Å²) in [6, 6.07) is 10.3. The number of rotatable bonds is 3. The lowest BCUT2D eigenvalue weighted by Gasteiger charge is -2.45. The standard InChI is InChI=1S/C20H21N5O/c1-12-18(24-20-22-10-14(9-21)11-23-20)16-5-3-4-6-17(16)25(13(2)26)19(12)15-7-8-15/h3-6,10-12,15,18-19H,7-8H2,1-2H3,(H,22,23,24)/t12-,18?,19-/m1/s1. The summed E-state index contributed by atoms with van der Waals surface area (Å²) in [6.07, 6.45) is 5.38. The molecule has 1 aliphatic heterocycles. The number of hydrogen-bond acceptors (Lipinski definition) is 5. The number of amides is 1. The molecule has 132 valence electrons. The van der Waals surface area contributed by atoms with Gasteiger partial charge in [-0.1, -0.05) is 25.1 Å². The average molecular weight is 347 g/mol. The minimum atomic E-state index is 0.0142. The van der Waals surface area contributed by atoms with Gasteiger partial charge in [0.25, 0.3) is 0 Å². The van der Waals surface area contributed by atoms with Crippen LogP contribution in [0.25, 0.3) is 0 Å². The van der Waals surface area contributed by atoms with Crippen LogP contribution in [0.5, 0.6) is 0 Å². The number of anilines is 2. The third-order valence-corrected chi connectivity index (χ3v) is 5.40. The van der Waals surface area contributed by atoms with E-state index in [0.717, 1.165) is 11.3 Å². The van der Waals surface area contributed by atoms with Crippen molar-refractivity contribution in [3.8, 4) is 6.07 Å². The maximum absolute atomic E-state index is 12.4. The van der Waals surface area contributed by atoms with Gasteiger partial charge in [0, 0.05) is 24.6 Å². The number of nitriles is 1. The first kappa shape index (κ1) is 16.5. The van der Waals surface area contributed by atoms with Crippen LogP contribution in [-0.4, -0.2) is 21.9 Å². The Hall–Kier alpha value is -2.94. The van der Waals surface area contributed by atoms with Crippen molar-refractivity contribution in [1.82, 2.24) is 9.97 Å². The second-order valence-corrected chi connectivity index (χ2v) is 7.16. The molecule has 1 unspecified atom stereocenters. The first-order valence-corrected chi connectivity index (χ1v) is 8.97. The highest BCUT2D eigenvalue weighted by molar-refractivity contribution is 5.94. The number of hydrogen-bond donors (Lipinski definition) is 1. The van der Waals surface area contributed by atoms with Gasteiger partial charge in [0.2, 0.25) is 11.9 Å². The van der Waals surface area contributed by atoms with Crippen molar-refractivity contribution in [2.75, 3.05) is 10.2 Å². The molecule has 1 amide bonds. The van der Waals surface area contributed by atoms with Crippen molar-refractivity contribution < 1.29 is 4.79 Å². The fraction of sp³-hybridized carbons (Fsp3) is 0.400. The molecule has 1 aliphatic carbocycles. The van der Waals surface area contributed by atoms with Crippen LogP contribution >= 0.6 is 0 Å². The quantitative estimate of drug-likeness (QED) is 0.921. The van der Waals surface area contributed by atoms with Crippen LogP contribution in [0.3, 0.4) is 0 Å². The van der Waals surface area contributed by atoms with Gasteiger partial charge in [-0.2, -0.15) is 5.26 Å². The molecule has 0 bridgehead atoms. The minimum absolute atomic E-state index is 0.0142. The summed E-state index contributed by atoms with van der Waals surface area (Å²) in [5.74, 6) is 1.37. The summed E-state index contributed by atoms with van der Waals surface area (Å²) in [6.45, 7) is 3.84. The first-order chi connectivity index (χ1) is 12.6. The number of nitrogens with one attached hydrogen (secondary N) is 1. The van der Waals surface area contributed by atoms with E-state index in [0.29, 0.717) is 17.4 Å². The molecular formula is C20H21N5O. The van der Waals surface area contributed by atoms with E-state index in [-0.39, 0.29) is 23.9 Å². The molecule has 0 saturated heterocycles. The second-order valence-electron chi connectivity index (χ2n) is 7.16. The Morgan fingerprint density at radius 1 is 1.27 bits per heavy atom. The first-order valence-electron chi connectivity index (χ1n) is 8.97. The van der Waals surface area contributed by atoms with Gasteiger partial charge in [-0.05, 0) is 30.4 Å². The van der Waals surface area contributed by atoms with Crippen molar-refractivity contribution in [3.63, 3.8) is 0 Å². The summed E-state index contributed by atoms with van der Waals surface area (Å²) in [5.41, 5.74) is 2.49. The van der Waals surface area contributed by atoms with E-state index in [1.165, 1.54) is 25.2 Å². The number of carbonyl (C=O) groups excluding carboxylic acids is 1. The topological polar surface area (TPSA) is 81.9 Å². The summed E-state index contributed by atoms with van der Waals surface area (Å²) in [7, 11) is 0. The van der Waals surface area contributed by atoms with E-state index in [2.05, 4.69) is 28.3 Å². The summed E-state index contributed by atoms with van der Waals surface area (Å²) in [5, 5.41) is 12.4. The van der Waals surface area contributed by atoms with Crippen LogP contribution in [-0.2, 0) is 4.79 Å². The van der Waals surface area contributed by atoms with Gasteiger partial charge in [-0.3, -0.25) is 4.79 Å². The van der Waals surface area contributed by atoms with Crippen LogP contribution in [0.15, 0.2) is 36.7 Å². The van der Waals surface area contributed by atoms with Crippen molar-refractivity contribution in [2.45, 2.75) is 38.8 Å². The Morgan fingerprint density at radius 2 is 1.96 bits per heavy atom. The Kier molecular flexibility index (Phi) is 4.08. The highest BCUT2D eigenvalue weighted by Gasteiger charge is 2.47. The Morgan fingerprint density at radius 3 is 2.58 bits per heavy atom. The number of para-hydroxylation sites is 1. The van der Waals surface area contributed by atoms with Gasteiger partial charge in [-0.25, -0.2) is 9.97 Å². The zero-order valence-electron chi connectivity index (χ0n) is 14.9. The highest BCUT2D eigenvalue weighted by Crippen LogP contribution is 2.49. The van der Waals surface area contributed by atoms with E-state index in [4.69, 9.17) is 5.26 Å². The smallest absolute Gasteiger partial charge is 0.224 e. The molecule has 1 aromatic heterocycles. The SMILES string of the molecule is CC(=O)N1c2ccccc2C(Nc2ncc(C#N)cn2)[C@@H](C)[C@@H]1C1CC1. The van der Waals surface area contributed by atoms with Crippen LogP contribution in [0.1, 0.15) is 43.9 Å². The lowest BCUT2D eigenvalue weighted by Crippen LogP contribution is -2.51. The molecular weight excluding hydrogens is 326 g/mol. The van der Waals surface area contributed by atoms with Crippen LogP contribution in [0, 0.1) is 23.2 Å². The average Bonchev–Trinajstić information content (AvgIpc) is 3.48. The van der Waals surface area contributed by atoms with Crippen molar-refractivity contribution in [3.05, 3.63) is 47.8 Å². The monoisotopic (exact) mass is 347 g/mol. The predicted octanol–water partition coefficient (Wildman–Crippen LogP) is 3.28. The van der Waals surface area contributed by atoms with Gasteiger partial charge >= 0.3 is 0 Å². The Labute approximate surface area is 152 Å². The zero-order valence-corrected chi connectivity index (χ0v) is 14.9. The lowest BCUT2D eigenvalue weighted by molar-refractivity contribution is -0.117. The molecule has 2 heterocycles. The molecule has 6 heteroatoms. The van der Waals surface area contributed by atoms with E-state index < -0.39 is 0 Å². The predicted molar refractivity (Wildman–Crippen MR) is 98.4 cm³/mol. The highest BCUT2D eigenvalue weighted by atomic mass is 16.2. The normalized spacial score (nSPS) is 24.5. The molecule has 1 saturated carbocycles. The van der Waals surface area contributed by atoms with Crippen LogP contribution in [0.4, 0.5) is 11.6 Å². The minimum Gasteiger partial charge on any atom is -0.347 e. The third-order valence-electron chi connectivity index (χ3n) is 5.40. The Balaban J connectivity index is 1.74. The summed E-state index contributed by atoms with van der Waals surface area (Å²) < 4.78 is 0. The zero-order chi connectivity index (χ0) is 18.3. The lowest BCUT2D eigenvalue weighted by atomic mass is 9.80. The van der Waals surface area contributed by atoms with Crippen molar-refractivity contribution in [2.24, 2.45) is 11.8 Å². The van der Waals surface area contributed by atoms with Crippen LogP contribution < -0.4 is 10.2 Å². The van der Waals surface area contributed by atoms with Crippen LogP contribution in [0.2, 0.25) is 0 Å². The maximum atomic E-state index is 12.4. The number of aromatic nitrogens is 2. The van der Waals surface area contributed by atoms with Gasteiger partial charge in [0.15, 0.2) is 0 Å². The third kappa shape index (κ3) is 2.80. The van der Waals surface area contributed by atoms with E-state index >= 15 is 0 Å². The van der Waals surface area contributed by atoms with Gasteiger partial charge in [0.05, 0.1) is 24.0 Å². The summed E-state index contributed by atoms with van der Waals surface area (Å²) in [4.78, 5) is 22.9. The number of benzene rings is 1. The van der Waals surface area contributed by atoms with E-state index in [1.54, 1.807) is 6.92 Å². The van der Waals surface area contributed by atoms with Crippen molar-refractivity contribution >= 4 is 17.5 Å². The Bertz CT molecular complexity index is 869. The largest absolute Gasteiger partial charge is 0.347 e. The molecule has 2 aliphatic rings. The summed E-state index contributed by atoms with van der Waals surface area (Å²) >= 11 is 0. The number of carbonyl (C=O) groups is 1.